The quantitative estimate of drug-likeness (QED) is 0.267. The number of aliphatic imine (C=N–C) groups is 1. The summed E-state index contributed by atoms with van der Waals surface area (Å²) in [5.41, 5.74) is 2.07. The van der Waals surface area contributed by atoms with E-state index in [0.29, 0.717) is 29.7 Å². The molecule has 9 heteroatoms. The molecule has 0 spiro atoms. The van der Waals surface area contributed by atoms with Crippen molar-refractivity contribution in [2.45, 2.75) is 40.7 Å². The number of guanidine groups is 1. The Balaban J connectivity index is 0.00000420. The van der Waals surface area contributed by atoms with Crippen LogP contribution in [0.25, 0.3) is 0 Å². The number of hydrogen-bond donors (Lipinski definition) is 2. The molecule has 0 aliphatic rings. The number of aromatic nitrogens is 1. The van der Waals surface area contributed by atoms with Gasteiger partial charge in [0.1, 0.15) is 0 Å². The Morgan fingerprint density at radius 3 is 2.59 bits per heavy atom. The number of nitrogens with one attached hydrogen (secondary N) is 2. The maximum Gasteiger partial charge on any atom is 0.191 e. The van der Waals surface area contributed by atoms with Crippen molar-refractivity contribution < 1.29 is 9.47 Å². The van der Waals surface area contributed by atoms with Gasteiger partial charge in [0.2, 0.25) is 0 Å². The van der Waals surface area contributed by atoms with E-state index < -0.39 is 0 Å². The van der Waals surface area contributed by atoms with E-state index >= 15 is 0 Å². The topological polar surface area (TPSA) is 67.8 Å². The van der Waals surface area contributed by atoms with Crippen LogP contribution in [0.5, 0.6) is 11.5 Å². The third-order valence-electron chi connectivity index (χ3n) is 4.05. The Kier molecular flexibility index (Phi) is 11.7. The standard InChI is InChI=1S/C20H29ClN4O2S.HI/c1-6-22-20(23-9-8-18-25-13(3)14(4)28-18)24-12-15-10-16(21)19(27-7-2)17(11-15)26-5;/h10-11H,6-9,12H2,1-5H3,(H2,22,23,24);1H. The molecule has 162 valence electrons. The lowest BCUT2D eigenvalue weighted by atomic mass is 10.2. The zero-order valence-electron chi connectivity index (χ0n) is 17.6. The number of aryl methyl sites for hydroxylation is 2. The summed E-state index contributed by atoms with van der Waals surface area (Å²) in [6.07, 6.45) is 0.868. The van der Waals surface area contributed by atoms with Crippen LogP contribution in [0.3, 0.4) is 0 Å². The van der Waals surface area contributed by atoms with E-state index in [2.05, 4.69) is 27.5 Å². The first-order valence-corrected chi connectivity index (χ1v) is 10.6. The molecule has 0 radical (unpaired) electrons. The minimum Gasteiger partial charge on any atom is -0.493 e. The van der Waals surface area contributed by atoms with Crippen molar-refractivity contribution in [1.82, 2.24) is 15.6 Å². The lowest BCUT2D eigenvalue weighted by Gasteiger charge is -2.13. The molecular formula is C20H30ClIN4O2S. The van der Waals surface area contributed by atoms with Gasteiger partial charge in [0.25, 0.3) is 0 Å². The van der Waals surface area contributed by atoms with Crippen LogP contribution in [0.4, 0.5) is 0 Å². The lowest BCUT2D eigenvalue weighted by molar-refractivity contribution is 0.311. The molecule has 0 aliphatic carbocycles. The fraction of sp³-hybridized carbons (Fsp3) is 0.500. The number of ether oxygens (including phenoxy) is 2. The van der Waals surface area contributed by atoms with E-state index in [-0.39, 0.29) is 24.0 Å². The number of thiazole rings is 1. The predicted octanol–water partition coefficient (Wildman–Crippen LogP) is 4.74. The summed E-state index contributed by atoms with van der Waals surface area (Å²) in [5, 5.41) is 8.29. The van der Waals surface area contributed by atoms with Crippen molar-refractivity contribution in [2.24, 2.45) is 4.99 Å². The van der Waals surface area contributed by atoms with Crippen LogP contribution in [0.2, 0.25) is 5.02 Å². The van der Waals surface area contributed by atoms with E-state index in [1.165, 1.54) is 4.88 Å². The van der Waals surface area contributed by atoms with Gasteiger partial charge in [-0.2, -0.15) is 0 Å². The highest BCUT2D eigenvalue weighted by Gasteiger charge is 2.11. The lowest BCUT2D eigenvalue weighted by Crippen LogP contribution is -2.38. The van der Waals surface area contributed by atoms with Crippen molar-refractivity contribution in [3.63, 3.8) is 0 Å². The first-order chi connectivity index (χ1) is 13.5. The molecule has 0 aliphatic heterocycles. The summed E-state index contributed by atoms with van der Waals surface area (Å²) in [6, 6.07) is 3.77. The van der Waals surface area contributed by atoms with Gasteiger partial charge >= 0.3 is 0 Å². The molecule has 6 nitrogen and oxygen atoms in total. The number of methoxy groups -OCH3 is 1. The zero-order valence-corrected chi connectivity index (χ0v) is 21.5. The van der Waals surface area contributed by atoms with Crippen molar-refractivity contribution in [1.29, 1.82) is 0 Å². The Bertz CT molecular complexity index is 795. The molecule has 0 saturated carbocycles. The van der Waals surface area contributed by atoms with E-state index in [4.69, 9.17) is 21.1 Å². The molecule has 0 fully saturated rings. The van der Waals surface area contributed by atoms with Gasteiger partial charge in [-0.3, -0.25) is 0 Å². The molecule has 0 amide bonds. The molecule has 1 heterocycles. The molecule has 0 unspecified atom stereocenters. The fourth-order valence-corrected chi connectivity index (χ4v) is 3.82. The first kappa shape index (κ1) is 25.8. The summed E-state index contributed by atoms with van der Waals surface area (Å²) in [7, 11) is 1.61. The minimum absolute atomic E-state index is 0. The third-order valence-corrected chi connectivity index (χ3v) is 5.46. The number of halogens is 2. The average molecular weight is 553 g/mol. The van der Waals surface area contributed by atoms with Crippen molar-refractivity contribution in [3.05, 3.63) is 38.3 Å². The Morgan fingerprint density at radius 1 is 1.24 bits per heavy atom. The molecule has 0 atom stereocenters. The second kappa shape index (κ2) is 13.1. The average Bonchev–Trinajstić information content (AvgIpc) is 2.99. The van der Waals surface area contributed by atoms with E-state index in [1.54, 1.807) is 18.4 Å². The highest BCUT2D eigenvalue weighted by Crippen LogP contribution is 2.36. The van der Waals surface area contributed by atoms with Crippen LogP contribution in [0, 0.1) is 13.8 Å². The summed E-state index contributed by atoms with van der Waals surface area (Å²) >= 11 is 8.09. The minimum atomic E-state index is 0. The first-order valence-electron chi connectivity index (χ1n) is 9.42. The van der Waals surface area contributed by atoms with Gasteiger partial charge in [0, 0.05) is 24.4 Å². The number of hydrogen-bond acceptors (Lipinski definition) is 5. The van der Waals surface area contributed by atoms with Crippen LogP contribution < -0.4 is 20.1 Å². The van der Waals surface area contributed by atoms with E-state index in [1.807, 2.05) is 32.9 Å². The molecular weight excluding hydrogens is 523 g/mol. The second-order valence-electron chi connectivity index (χ2n) is 6.16. The van der Waals surface area contributed by atoms with Gasteiger partial charge in [0.05, 0.1) is 36.0 Å². The largest absolute Gasteiger partial charge is 0.493 e. The SMILES string of the molecule is CCNC(=NCc1cc(Cl)c(OCC)c(OC)c1)NCCc1nc(C)c(C)s1.I. The summed E-state index contributed by atoms with van der Waals surface area (Å²) < 4.78 is 11.0. The van der Waals surface area contributed by atoms with Crippen molar-refractivity contribution >= 4 is 52.9 Å². The maximum atomic E-state index is 6.34. The van der Waals surface area contributed by atoms with Crippen molar-refractivity contribution in [3.8, 4) is 11.5 Å². The maximum absolute atomic E-state index is 6.34. The van der Waals surface area contributed by atoms with Crippen LogP contribution in [-0.4, -0.2) is 37.7 Å². The van der Waals surface area contributed by atoms with Crippen LogP contribution in [0.15, 0.2) is 17.1 Å². The molecule has 2 rings (SSSR count). The van der Waals surface area contributed by atoms with Gasteiger partial charge in [0.15, 0.2) is 17.5 Å². The van der Waals surface area contributed by atoms with E-state index in [0.717, 1.165) is 41.7 Å². The van der Waals surface area contributed by atoms with Gasteiger partial charge in [-0.1, -0.05) is 11.6 Å². The number of benzene rings is 1. The number of nitrogens with zero attached hydrogens (tertiary/aromatic N) is 2. The smallest absolute Gasteiger partial charge is 0.191 e. The zero-order chi connectivity index (χ0) is 20.5. The van der Waals surface area contributed by atoms with Gasteiger partial charge in [-0.05, 0) is 45.4 Å². The Labute approximate surface area is 199 Å². The summed E-state index contributed by atoms with van der Waals surface area (Å²) in [4.78, 5) is 10.5. The molecule has 0 saturated heterocycles. The fourth-order valence-electron chi connectivity index (χ4n) is 2.59. The van der Waals surface area contributed by atoms with Gasteiger partial charge in [-0.25, -0.2) is 9.98 Å². The predicted molar refractivity (Wildman–Crippen MR) is 133 cm³/mol. The summed E-state index contributed by atoms with van der Waals surface area (Å²) in [6.45, 7) is 10.7. The normalized spacial score (nSPS) is 11.0. The van der Waals surface area contributed by atoms with Crippen LogP contribution in [0.1, 0.15) is 35.0 Å². The van der Waals surface area contributed by atoms with Gasteiger partial charge in [-0.15, -0.1) is 35.3 Å². The highest BCUT2D eigenvalue weighted by molar-refractivity contribution is 14.0. The molecule has 2 N–H and O–H groups in total. The van der Waals surface area contributed by atoms with Crippen molar-refractivity contribution in [2.75, 3.05) is 26.8 Å². The van der Waals surface area contributed by atoms with E-state index in [9.17, 15) is 0 Å². The molecule has 1 aromatic heterocycles. The molecule has 1 aromatic carbocycles. The van der Waals surface area contributed by atoms with Crippen LogP contribution in [-0.2, 0) is 13.0 Å². The monoisotopic (exact) mass is 552 g/mol. The number of rotatable bonds is 9. The Hall–Kier alpha value is -1.26. The Morgan fingerprint density at radius 2 is 2.00 bits per heavy atom. The third kappa shape index (κ3) is 7.82. The summed E-state index contributed by atoms with van der Waals surface area (Å²) in [5.74, 6) is 1.95. The molecule has 2 aromatic rings. The molecule has 0 bridgehead atoms. The second-order valence-corrected chi connectivity index (χ2v) is 7.86. The highest BCUT2D eigenvalue weighted by atomic mass is 127. The van der Waals surface area contributed by atoms with Gasteiger partial charge < -0.3 is 20.1 Å². The van der Waals surface area contributed by atoms with Crippen LogP contribution >= 0.6 is 46.9 Å². The molecule has 29 heavy (non-hydrogen) atoms.